The van der Waals surface area contributed by atoms with Crippen LogP contribution >= 0.6 is 0 Å². The van der Waals surface area contributed by atoms with Gasteiger partial charge in [-0.1, -0.05) is 72.8 Å². The van der Waals surface area contributed by atoms with Gasteiger partial charge in [0.15, 0.2) is 0 Å². The summed E-state index contributed by atoms with van der Waals surface area (Å²) in [4.78, 5) is 62.6. The van der Waals surface area contributed by atoms with E-state index >= 15 is 0 Å². The molecule has 0 aliphatic carbocycles. The zero-order valence-electron chi connectivity index (χ0n) is 22.5. The molecule has 1 aliphatic heterocycles. The van der Waals surface area contributed by atoms with Gasteiger partial charge in [-0.25, -0.2) is 4.79 Å². The summed E-state index contributed by atoms with van der Waals surface area (Å²) in [5, 5.41) is 21.8. The van der Waals surface area contributed by atoms with Crippen LogP contribution in [0.4, 0.5) is 4.79 Å². The zero-order valence-corrected chi connectivity index (χ0v) is 22.5. The van der Waals surface area contributed by atoms with E-state index in [0.717, 1.165) is 28.3 Å². The summed E-state index contributed by atoms with van der Waals surface area (Å²) in [5.74, 6) is -1.82. The Morgan fingerprint density at radius 3 is 2.29 bits per heavy atom. The molecule has 0 spiro atoms. The first kappa shape index (κ1) is 29.3. The van der Waals surface area contributed by atoms with E-state index < -0.39 is 42.0 Å². The monoisotopic (exact) mass is 558 g/mol. The maximum absolute atomic E-state index is 13.5. The minimum atomic E-state index is -1.37. The van der Waals surface area contributed by atoms with Gasteiger partial charge in [0.25, 0.3) is 0 Å². The molecular weight excluding hydrogens is 524 g/mol. The fraction of sp³-hybridized carbons (Fsp3) is 0.323. The van der Waals surface area contributed by atoms with Crippen molar-refractivity contribution >= 4 is 40.9 Å². The Labute approximate surface area is 237 Å². The molecular formula is C31H34N4O6. The molecule has 10 heteroatoms. The maximum atomic E-state index is 13.5. The van der Waals surface area contributed by atoms with Crippen LogP contribution in [-0.4, -0.2) is 59.9 Å². The van der Waals surface area contributed by atoms with E-state index in [-0.39, 0.29) is 25.2 Å². The largest absolute Gasteiger partial charge is 0.465 e. The predicted octanol–water partition coefficient (Wildman–Crippen LogP) is 2.35. The third-order valence-corrected chi connectivity index (χ3v) is 7.26. The first-order valence-corrected chi connectivity index (χ1v) is 13.7. The average Bonchev–Trinajstić information content (AvgIpc) is 2.97. The van der Waals surface area contributed by atoms with Crippen molar-refractivity contribution in [3.05, 3.63) is 83.9 Å². The van der Waals surface area contributed by atoms with Gasteiger partial charge in [0.1, 0.15) is 18.4 Å². The van der Waals surface area contributed by atoms with Crippen LogP contribution in [0.25, 0.3) is 10.8 Å². The lowest BCUT2D eigenvalue weighted by Gasteiger charge is -2.27. The first-order valence-electron chi connectivity index (χ1n) is 13.7. The summed E-state index contributed by atoms with van der Waals surface area (Å²) in [7, 11) is 0. The third-order valence-electron chi connectivity index (χ3n) is 7.26. The molecule has 3 aromatic carbocycles. The zero-order chi connectivity index (χ0) is 29.2. The summed E-state index contributed by atoms with van der Waals surface area (Å²) in [6, 6.07) is 19.0. The second-order valence-electron chi connectivity index (χ2n) is 10.2. The lowest BCUT2D eigenvalue weighted by Crippen LogP contribution is -2.56. The van der Waals surface area contributed by atoms with E-state index in [1.54, 1.807) is 24.3 Å². The van der Waals surface area contributed by atoms with Crippen molar-refractivity contribution in [1.29, 1.82) is 0 Å². The normalized spacial score (nSPS) is 17.0. The van der Waals surface area contributed by atoms with Gasteiger partial charge in [0.05, 0.1) is 6.04 Å². The molecule has 41 heavy (non-hydrogen) atoms. The van der Waals surface area contributed by atoms with Gasteiger partial charge in [0.2, 0.25) is 17.7 Å². The number of aldehydes is 1. The number of carbonyl (C=O) groups excluding carboxylic acids is 4. The van der Waals surface area contributed by atoms with Crippen LogP contribution in [-0.2, 0) is 32.0 Å². The number of hydrogen-bond donors (Lipinski definition) is 5. The van der Waals surface area contributed by atoms with Crippen LogP contribution < -0.4 is 21.3 Å². The molecule has 4 rings (SSSR count). The quantitative estimate of drug-likeness (QED) is 0.215. The van der Waals surface area contributed by atoms with Crippen molar-refractivity contribution in [2.24, 2.45) is 5.92 Å². The van der Waals surface area contributed by atoms with E-state index in [4.69, 9.17) is 0 Å². The van der Waals surface area contributed by atoms with Gasteiger partial charge < -0.3 is 31.2 Å². The number of fused-ring (bicyclic) bond motifs is 1. The van der Waals surface area contributed by atoms with Crippen molar-refractivity contribution < 1.29 is 29.1 Å². The Bertz CT molecular complexity index is 1390. The minimum absolute atomic E-state index is 0.0624. The van der Waals surface area contributed by atoms with Gasteiger partial charge in [-0.2, -0.15) is 0 Å². The number of benzene rings is 3. The van der Waals surface area contributed by atoms with Crippen LogP contribution in [0.2, 0.25) is 0 Å². The third kappa shape index (κ3) is 8.14. The molecule has 214 valence electrons. The lowest BCUT2D eigenvalue weighted by molar-refractivity contribution is -0.131. The highest BCUT2D eigenvalue weighted by atomic mass is 16.4. The van der Waals surface area contributed by atoms with Gasteiger partial charge in [-0.05, 0) is 41.2 Å². The molecule has 0 aromatic heterocycles. The Kier molecular flexibility index (Phi) is 10.0. The standard InChI is InChI=1S/C31H34N4O6/c36-19-24(17-23-13-7-15-32-28(23)37)33-29(38)26(16-20-8-2-1-3-9-20)34-30(39)27(35-31(40)41)18-22-12-6-11-21-10-4-5-14-25(21)22/h1-6,8-12,14,19,23-24,26-27,35H,7,13,15-18H2,(H,32,37)(H,33,38)(H,34,39)(H,40,41). The summed E-state index contributed by atoms with van der Waals surface area (Å²) >= 11 is 0. The molecule has 0 radical (unpaired) electrons. The van der Waals surface area contributed by atoms with Crippen LogP contribution in [0, 0.1) is 5.92 Å². The molecule has 1 fully saturated rings. The molecule has 4 unspecified atom stereocenters. The van der Waals surface area contributed by atoms with Crippen molar-refractivity contribution in [2.45, 2.75) is 50.2 Å². The number of amides is 4. The average molecular weight is 559 g/mol. The Morgan fingerprint density at radius 1 is 0.878 bits per heavy atom. The molecule has 1 heterocycles. The smallest absolute Gasteiger partial charge is 0.405 e. The lowest BCUT2D eigenvalue weighted by atomic mass is 9.92. The summed E-state index contributed by atoms with van der Waals surface area (Å²) in [6.07, 6.45) is 0.952. The highest BCUT2D eigenvalue weighted by Gasteiger charge is 2.31. The van der Waals surface area contributed by atoms with E-state index in [9.17, 15) is 29.1 Å². The van der Waals surface area contributed by atoms with E-state index in [2.05, 4.69) is 21.3 Å². The molecule has 0 bridgehead atoms. The number of nitrogens with one attached hydrogen (secondary N) is 4. The van der Waals surface area contributed by atoms with E-state index in [0.29, 0.717) is 19.3 Å². The van der Waals surface area contributed by atoms with Crippen LogP contribution in [0.1, 0.15) is 30.4 Å². The first-order chi connectivity index (χ1) is 19.8. The second kappa shape index (κ2) is 14.1. The second-order valence-corrected chi connectivity index (χ2v) is 10.2. The Balaban J connectivity index is 1.53. The topological polar surface area (TPSA) is 154 Å². The summed E-state index contributed by atoms with van der Waals surface area (Å²) in [5.41, 5.74) is 1.53. The van der Waals surface area contributed by atoms with Crippen LogP contribution in [0.3, 0.4) is 0 Å². The van der Waals surface area contributed by atoms with E-state index in [1.807, 2.05) is 48.5 Å². The highest BCUT2D eigenvalue weighted by molar-refractivity contribution is 5.93. The highest BCUT2D eigenvalue weighted by Crippen LogP contribution is 2.20. The van der Waals surface area contributed by atoms with Crippen molar-refractivity contribution in [3.8, 4) is 0 Å². The number of carboxylic acid groups (broad SMARTS) is 1. The number of hydrogen-bond acceptors (Lipinski definition) is 5. The molecule has 4 atom stereocenters. The molecule has 4 amide bonds. The molecule has 10 nitrogen and oxygen atoms in total. The van der Waals surface area contributed by atoms with E-state index in [1.165, 1.54) is 0 Å². The number of rotatable bonds is 12. The van der Waals surface area contributed by atoms with Crippen LogP contribution in [0.5, 0.6) is 0 Å². The molecule has 0 saturated carbocycles. The van der Waals surface area contributed by atoms with Gasteiger partial charge >= 0.3 is 6.09 Å². The van der Waals surface area contributed by atoms with Gasteiger partial charge in [0, 0.05) is 25.3 Å². The predicted molar refractivity (Wildman–Crippen MR) is 153 cm³/mol. The van der Waals surface area contributed by atoms with Crippen LogP contribution in [0.15, 0.2) is 72.8 Å². The number of carbonyl (C=O) groups is 5. The fourth-order valence-corrected chi connectivity index (χ4v) is 5.18. The maximum Gasteiger partial charge on any atom is 0.405 e. The summed E-state index contributed by atoms with van der Waals surface area (Å²) in [6.45, 7) is 0.586. The molecule has 5 N–H and O–H groups in total. The summed E-state index contributed by atoms with van der Waals surface area (Å²) < 4.78 is 0. The van der Waals surface area contributed by atoms with Crippen molar-refractivity contribution in [2.75, 3.05) is 6.54 Å². The Hall–Kier alpha value is -4.73. The minimum Gasteiger partial charge on any atom is -0.465 e. The van der Waals surface area contributed by atoms with Crippen molar-refractivity contribution in [3.63, 3.8) is 0 Å². The molecule has 3 aromatic rings. The van der Waals surface area contributed by atoms with Gasteiger partial charge in [-0.3, -0.25) is 14.4 Å². The van der Waals surface area contributed by atoms with Gasteiger partial charge in [-0.15, -0.1) is 0 Å². The Morgan fingerprint density at radius 2 is 1.56 bits per heavy atom. The molecule has 1 saturated heterocycles. The molecule has 1 aliphatic rings. The fourth-order valence-electron chi connectivity index (χ4n) is 5.18. The number of piperidine rings is 1. The van der Waals surface area contributed by atoms with Crippen molar-refractivity contribution in [1.82, 2.24) is 21.3 Å². The SMILES string of the molecule is O=CC(CC1CCCNC1=O)NC(=O)C(Cc1ccccc1)NC(=O)C(Cc1cccc2ccccc12)NC(=O)O.